The molecule has 0 rings (SSSR count). The minimum Gasteiger partial charge on any atom is -0.243 e. The fraction of sp³-hybridized carbons (Fsp3) is 1.00. The molecule has 0 bridgehead atoms. The first kappa shape index (κ1) is 16.9. The van der Waals surface area contributed by atoms with Gasteiger partial charge in [-0.25, -0.2) is 13.4 Å². The van der Waals surface area contributed by atoms with Gasteiger partial charge in [0.25, 0.3) is 0 Å². The van der Waals surface area contributed by atoms with Gasteiger partial charge in [-0.2, -0.15) is 0 Å². The molecule has 17 heavy (non-hydrogen) atoms. The molecule has 0 saturated carbocycles. The zero-order valence-electron chi connectivity index (χ0n) is 13.3. The van der Waals surface area contributed by atoms with Crippen LogP contribution < -0.4 is 4.72 Å². The van der Waals surface area contributed by atoms with Gasteiger partial charge < -0.3 is 0 Å². The molecule has 0 aliphatic carbocycles. The summed E-state index contributed by atoms with van der Waals surface area (Å²) in [7, 11) is -1.51. The number of hydrogen-bond donors (Lipinski definition) is 1. The van der Waals surface area contributed by atoms with Crippen molar-refractivity contribution in [1.82, 2.24) is 4.72 Å². The molecule has 0 unspecified atom stereocenters. The Bertz CT molecular complexity index is 341. The SMILES string of the molecule is CC(C)(C)N=S(C)(=NC(C)(C)C)NC(C)(C)C. The van der Waals surface area contributed by atoms with Gasteiger partial charge in [0, 0.05) is 11.8 Å². The summed E-state index contributed by atoms with van der Waals surface area (Å²) in [4.78, 5) is 0. The van der Waals surface area contributed by atoms with Crippen LogP contribution in [0.4, 0.5) is 0 Å². The Balaban J connectivity index is 5.73. The number of nitrogens with one attached hydrogen (secondary N) is 1. The molecule has 0 radical (unpaired) electrons. The van der Waals surface area contributed by atoms with Crippen LogP contribution in [0.25, 0.3) is 0 Å². The van der Waals surface area contributed by atoms with E-state index < -0.39 is 9.81 Å². The van der Waals surface area contributed by atoms with Gasteiger partial charge in [0.15, 0.2) is 0 Å². The van der Waals surface area contributed by atoms with Gasteiger partial charge in [-0.05, 0) is 72.1 Å². The average molecular weight is 261 g/mol. The first-order chi connectivity index (χ1) is 7.12. The van der Waals surface area contributed by atoms with E-state index in [9.17, 15) is 0 Å². The van der Waals surface area contributed by atoms with Crippen LogP contribution in [0.5, 0.6) is 0 Å². The molecular formula is C13H31N3S. The second-order valence-corrected chi connectivity index (χ2v) is 9.95. The standard InChI is InChI=1S/C13H31N3S/c1-11(2,3)14-17(10,15-12(4,5)6)16-13(7,8)9/h1-10H3,(H,14,15,16). The highest BCUT2D eigenvalue weighted by molar-refractivity contribution is 7.93. The summed E-state index contributed by atoms with van der Waals surface area (Å²) in [6.45, 7) is 19.2. The maximum absolute atomic E-state index is 4.92. The van der Waals surface area contributed by atoms with Crippen molar-refractivity contribution in [3.05, 3.63) is 0 Å². The van der Waals surface area contributed by atoms with E-state index in [1.165, 1.54) is 0 Å². The molecule has 104 valence electrons. The quantitative estimate of drug-likeness (QED) is 0.760. The molecule has 1 N–H and O–H groups in total. The fourth-order valence-corrected chi connectivity index (χ4v) is 5.14. The monoisotopic (exact) mass is 261 g/mol. The highest BCUT2D eigenvalue weighted by Crippen LogP contribution is 2.18. The largest absolute Gasteiger partial charge is 0.243 e. The summed E-state index contributed by atoms with van der Waals surface area (Å²) in [6.07, 6.45) is 2.13. The van der Waals surface area contributed by atoms with Crippen LogP contribution in [0.2, 0.25) is 0 Å². The van der Waals surface area contributed by atoms with Gasteiger partial charge in [-0.15, -0.1) is 0 Å². The molecule has 0 aromatic heterocycles. The van der Waals surface area contributed by atoms with Crippen LogP contribution in [0.1, 0.15) is 62.3 Å². The van der Waals surface area contributed by atoms with Crippen LogP contribution in [0.15, 0.2) is 8.73 Å². The molecule has 0 saturated heterocycles. The molecule has 0 aliphatic heterocycles. The first-order valence-electron chi connectivity index (χ1n) is 6.17. The summed E-state index contributed by atoms with van der Waals surface area (Å²) in [5.41, 5.74) is -0.123. The Kier molecular flexibility index (Phi) is 4.86. The zero-order chi connectivity index (χ0) is 14.1. The van der Waals surface area contributed by atoms with Crippen molar-refractivity contribution in [3.63, 3.8) is 0 Å². The molecule has 0 aromatic carbocycles. The van der Waals surface area contributed by atoms with Crippen molar-refractivity contribution in [2.75, 3.05) is 6.26 Å². The smallest absolute Gasteiger partial charge is 0.0615 e. The minimum atomic E-state index is -1.51. The van der Waals surface area contributed by atoms with Crippen molar-refractivity contribution in [2.45, 2.75) is 78.9 Å². The Labute approximate surface area is 109 Å². The van der Waals surface area contributed by atoms with Crippen LogP contribution in [0, 0.1) is 0 Å². The van der Waals surface area contributed by atoms with Gasteiger partial charge in [-0.1, -0.05) is 0 Å². The Morgan fingerprint density at radius 2 is 1.00 bits per heavy atom. The van der Waals surface area contributed by atoms with Gasteiger partial charge in [0.2, 0.25) is 0 Å². The molecule has 0 amide bonds. The van der Waals surface area contributed by atoms with E-state index in [1.54, 1.807) is 0 Å². The summed E-state index contributed by atoms with van der Waals surface area (Å²) in [5, 5.41) is 0. The molecule has 0 heterocycles. The van der Waals surface area contributed by atoms with E-state index in [0.717, 1.165) is 0 Å². The molecule has 0 fully saturated rings. The Morgan fingerprint density at radius 3 is 1.18 bits per heavy atom. The third-order valence-electron chi connectivity index (χ3n) is 1.40. The highest BCUT2D eigenvalue weighted by Gasteiger charge is 2.19. The predicted molar refractivity (Wildman–Crippen MR) is 80.5 cm³/mol. The maximum Gasteiger partial charge on any atom is 0.0615 e. The number of hydrogen-bond acceptors (Lipinski definition) is 2. The molecule has 0 aromatic rings. The Morgan fingerprint density at radius 1 is 0.706 bits per heavy atom. The van der Waals surface area contributed by atoms with Crippen molar-refractivity contribution in [3.8, 4) is 0 Å². The van der Waals surface area contributed by atoms with E-state index in [-0.39, 0.29) is 16.6 Å². The summed E-state index contributed by atoms with van der Waals surface area (Å²) < 4.78 is 13.4. The number of rotatable bonds is 1. The van der Waals surface area contributed by atoms with Crippen molar-refractivity contribution < 1.29 is 0 Å². The molecule has 0 aliphatic rings. The molecule has 3 nitrogen and oxygen atoms in total. The van der Waals surface area contributed by atoms with E-state index in [1.807, 2.05) is 0 Å². The van der Waals surface area contributed by atoms with Gasteiger partial charge in [0.1, 0.15) is 0 Å². The minimum absolute atomic E-state index is 0.0214. The topological polar surface area (TPSA) is 36.8 Å². The lowest BCUT2D eigenvalue weighted by molar-refractivity contribution is 0.520. The van der Waals surface area contributed by atoms with Crippen LogP contribution in [-0.2, 0) is 9.81 Å². The van der Waals surface area contributed by atoms with E-state index in [4.69, 9.17) is 8.73 Å². The zero-order valence-corrected chi connectivity index (χ0v) is 14.1. The second-order valence-electron chi connectivity index (χ2n) is 7.71. The lowest BCUT2D eigenvalue weighted by Crippen LogP contribution is -2.41. The third-order valence-corrected chi connectivity index (χ3v) is 4.21. The van der Waals surface area contributed by atoms with Crippen molar-refractivity contribution >= 4 is 9.81 Å². The molecule has 0 spiro atoms. The highest BCUT2D eigenvalue weighted by atomic mass is 32.2. The van der Waals surface area contributed by atoms with Crippen LogP contribution >= 0.6 is 0 Å². The fourth-order valence-electron chi connectivity index (χ4n) is 1.71. The average Bonchev–Trinajstić information content (AvgIpc) is 1.65. The lowest BCUT2D eigenvalue weighted by atomic mass is 10.1. The van der Waals surface area contributed by atoms with Crippen LogP contribution in [-0.4, -0.2) is 22.9 Å². The predicted octanol–water partition coefficient (Wildman–Crippen LogP) is 4.04. The molecule has 0 atom stereocenters. The van der Waals surface area contributed by atoms with Crippen molar-refractivity contribution in [1.29, 1.82) is 0 Å². The summed E-state index contributed by atoms with van der Waals surface area (Å²) >= 11 is 0. The second kappa shape index (κ2) is 4.88. The normalized spacial score (nSPS) is 14.7. The summed E-state index contributed by atoms with van der Waals surface area (Å²) in [6, 6.07) is 0. The van der Waals surface area contributed by atoms with Gasteiger partial charge in [-0.3, -0.25) is 0 Å². The van der Waals surface area contributed by atoms with Crippen LogP contribution in [0.3, 0.4) is 0 Å². The first-order valence-corrected chi connectivity index (χ1v) is 8.13. The molecule has 4 heteroatoms. The Hall–Kier alpha value is -0.0900. The third kappa shape index (κ3) is 9.60. The van der Waals surface area contributed by atoms with E-state index >= 15 is 0 Å². The number of nitrogens with zero attached hydrogens (tertiary/aromatic N) is 2. The maximum atomic E-state index is 4.92. The van der Waals surface area contributed by atoms with Crippen molar-refractivity contribution in [2.24, 2.45) is 8.73 Å². The molecular weight excluding hydrogens is 230 g/mol. The van der Waals surface area contributed by atoms with Gasteiger partial charge in [0.05, 0.1) is 11.1 Å². The summed E-state index contributed by atoms with van der Waals surface area (Å²) in [5.74, 6) is 0. The van der Waals surface area contributed by atoms with E-state index in [0.29, 0.717) is 0 Å². The van der Waals surface area contributed by atoms with E-state index in [2.05, 4.69) is 73.3 Å². The lowest BCUT2D eigenvalue weighted by Gasteiger charge is -2.30. The van der Waals surface area contributed by atoms with Gasteiger partial charge >= 0.3 is 0 Å².